The molecular formula is C15H18INO2. The van der Waals surface area contributed by atoms with E-state index in [2.05, 4.69) is 40.1 Å². The van der Waals surface area contributed by atoms with Crippen LogP contribution in [0.1, 0.15) is 19.3 Å². The first-order valence-corrected chi connectivity index (χ1v) is 7.63. The quantitative estimate of drug-likeness (QED) is 0.474. The summed E-state index contributed by atoms with van der Waals surface area (Å²) < 4.78 is 6.73. The van der Waals surface area contributed by atoms with E-state index in [0.717, 1.165) is 18.6 Å². The molecule has 0 saturated carbocycles. The van der Waals surface area contributed by atoms with Crippen LogP contribution in [0.2, 0.25) is 0 Å². The minimum absolute atomic E-state index is 0.114. The van der Waals surface area contributed by atoms with E-state index in [1.807, 2.05) is 24.3 Å². The van der Waals surface area contributed by atoms with E-state index in [9.17, 15) is 4.79 Å². The van der Waals surface area contributed by atoms with Gasteiger partial charge in [0.2, 0.25) is 5.91 Å². The normalized spacial score (nSPS) is 17.4. The molecule has 0 fully saturated rings. The number of allylic oxidation sites excluding steroid dienone is 2. The number of carbonyl (C=O) groups is 1. The summed E-state index contributed by atoms with van der Waals surface area (Å²) in [5, 5.41) is 2.89. The number of nitrogens with one attached hydrogen (secondary N) is 1. The summed E-state index contributed by atoms with van der Waals surface area (Å²) in [5.74, 6) is 1.38. The standard InChI is InChI=1S/C15H18INO2/c16-13-5-7-14(8-6-13)19-10-9-17-15(18)11-12-3-1-2-4-12/h1,3,5-8,12H,2,4,9-11H2,(H,17,18)/t12-/m1/s1. The van der Waals surface area contributed by atoms with Gasteiger partial charge in [-0.15, -0.1) is 0 Å². The molecule has 0 heterocycles. The van der Waals surface area contributed by atoms with Gasteiger partial charge in [-0.05, 0) is 65.6 Å². The highest BCUT2D eigenvalue weighted by atomic mass is 127. The van der Waals surface area contributed by atoms with Crippen LogP contribution in [0.15, 0.2) is 36.4 Å². The molecule has 0 bridgehead atoms. The van der Waals surface area contributed by atoms with Crippen LogP contribution in [0.4, 0.5) is 0 Å². The molecule has 1 aliphatic rings. The van der Waals surface area contributed by atoms with Crippen LogP contribution < -0.4 is 10.1 Å². The predicted molar refractivity (Wildman–Crippen MR) is 84.1 cm³/mol. The molecule has 0 spiro atoms. The van der Waals surface area contributed by atoms with E-state index >= 15 is 0 Å². The molecule has 1 aliphatic carbocycles. The zero-order valence-electron chi connectivity index (χ0n) is 10.8. The highest BCUT2D eigenvalue weighted by Gasteiger charge is 2.13. The monoisotopic (exact) mass is 371 g/mol. The summed E-state index contributed by atoms with van der Waals surface area (Å²) in [4.78, 5) is 11.7. The van der Waals surface area contributed by atoms with Gasteiger partial charge in [0.25, 0.3) is 0 Å². The van der Waals surface area contributed by atoms with Crippen LogP contribution in [-0.4, -0.2) is 19.1 Å². The van der Waals surface area contributed by atoms with Crippen LogP contribution in [-0.2, 0) is 4.79 Å². The van der Waals surface area contributed by atoms with Crippen LogP contribution in [0, 0.1) is 9.49 Å². The van der Waals surface area contributed by atoms with Gasteiger partial charge in [-0.2, -0.15) is 0 Å². The molecule has 4 heteroatoms. The van der Waals surface area contributed by atoms with E-state index in [-0.39, 0.29) is 5.91 Å². The molecule has 1 aromatic carbocycles. The molecule has 0 radical (unpaired) electrons. The maximum atomic E-state index is 11.7. The highest BCUT2D eigenvalue weighted by molar-refractivity contribution is 14.1. The number of rotatable bonds is 6. The van der Waals surface area contributed by atoms with Crippen molar-refractivity contribution in [2.45, 2.75) is 19.3 Å². The molecule has 0 unspecified atom stereocenters. The number of ether oxygens (including phenoxy) is 1. The molecule has 1 N–H and O–H groups in total. The van der Waals surface area contributed by atoms with Crippen molar-refractivity contribution in [2.24, 2.45) is 5.92 Å². The molecular weight excluding hydrogens is 353 g/mol. The molecule has 102 valence electrons. The smallest absolute Gasteiger partial charge is 0.220 e. The molecule has 1 aromatic rings. The van der Waals surface area contributed by atoms with Crippen LogP contribution in [0.25, 0.3) is 0 Å². The van der Waals surface area contributed by atoms with Crippen LogP contribution in [0.5, 0.6) is 5.75 Å². The van der Waals surface area contributed by atoms with Gasteiger partial charge in [0.1, 0.15) is 12.4 Å². The van der Waals surface area contributed by atoms with Gasteiger partial charge in [-0.25, -0.2) is 0 Å². The average molecular weight is 371 g/mol. The van der Waals surface area contributed by atoms with Gasteiger partial charge in [0.05, 0.1) is 6.54 Å². The van der Waals surface area contributed by atoms with Crippen molar-refractivity contribution in [3.63, 3.8) is 0 Å². The van der Waals surface area contributed by atoms with Crippen molar-refractivity contribution in [1.29, 1.82) is 0 Å². The van der Waals surface area contributed by atoms with E-state index in [1.165, 1.54) is 3.57 Å². The van der Waals surface area contributed by atoms with Crippen molar-refractivity contribution in [3.8, 4) is 5.75 Å². The lowest BCUT2D eigenvalue weighted by molar-refractivity contribution is -0.121. The Morgan fingerprint density at radius 2 is 2.16 bits per heavy atom. The Labute approximate surface area is 127 Å². The first kappa shape index (κ1) is 14.4. The van der Waals surface area contributed by atoms with Crippen molar-refractivity contribution in [2.75, 3.05) is 13.2 Å². The third kappa shape index (κ3) is 5.22. The summed E-state index contributed by atoms with van der Waals surface area (Å²) in [6.45, 7) is 1.06. The molecule has 0 aromatic heterocycles. The Hall–Kier alpha value is -1.04. The minimum Gasteiger partial charge on any atom is -0.492 e. The van der Waals surface area contributed by atoms with Gasteiger partial charge in [0.15, 0.2) is 0 Å². The zero-order valence-corrected chi connectivity index (χ0v) is 12.9. The Morgan fingerprint density at radius 3 is 2.84 bits per heavy atom. The minimum atomic E-state index is 0.114. The van der Waals surface area contributed by atoms with Crippen LogP contribution >= 0.6 is 22.6 Å². The maximum absolute atomic E-state index is 11.7. The third-order valence-electron chi connectivity index (χ3n) is 3.07. The second-order valence-corrected chi connectivity index (χ2v) is 5.87. The van der Waals surface area contributed by atoms with Crippen molar-refractivity contribution in [3.05, 3.63) is 40.0 Å². The summed E-state index contributed by atoms with van der Waals surface area (Å²) in [6, 6.07) is 7.88. The lowest BCUT2D eigenvalue weighted by atomic mass is 10.1. The van der Waals surface area contributed by atoms with Gasteiger partial charge in [0, 0.05) is 9.99 Å². The number of halogens is 1. The Kier molecular flexibility index (Phi) is 5.69. The van der Waals surface area contributed by atoms with Crippen LogP contribution in [0.3, 0.4) is 0 Å². The maximum Gasteiger partial charge on any atom is 0.220 e. The number of amides is 1. The summed E-state index contributed by atoms with van der Waals surface area (Å²) in [6.07, 6.45) is 7.10. The average Bonchev–Trinajstić information content (AvgIpc) is 2.89. The molecule has 2 rings (SSSR count). The molecule has 1 atom stereocenters. The van der Waals surface area contributed by atoms with Gasteiger partial charge < -0.3 is 10.1 Å². The topological polar surface area (TPSA) is 38.3 Å². The van der Waals surface area contributed by atoms with Gasteiger partial charge in [-0.1, -0.05) is 12.2 Å². The Morgan fingerprint density at radius 1 is 1.37 bits per heavy atom. The number of hydrogen-bond donors (Lipinski definition) is 1. The second-order valence-electron chi connectivity index (χ2n) is 4.62. The molecule has 3 nitrogen and oxygen atoms in total. The van der Waals surface area contributed by atoms with Crippen molar-refractivity contribution in [1.82, 2.24) is 5.32 Å². The van der Waals surface area contributed by atoms with E-state index in [4.69, 9.17) is 4.74 Å². The molecule has 0 aliphatic heterocycles. The second kappa shape index (κ2) is 7.53. The lowest BCUT2D eigenvalue weighted by Crippen LogP contribution is -2.29. The van der Waals surface area contributed by atoms with Gasteiger partial charge >= 0.3 is 0 Å². The van der Waals surface area contributed by atoms with Crippen molar-refractivity contribution >= 4 is 28.5 Å². The fourth-order valence-corrected chi connectivity index (χ4v) is 2.43. The van der Waals surface area contributed by atoms with Crippen molar-refractivity contribution < 1.29 is 9.53 Å². The SMILES string of the molecule is O=C(C[C@@H]1C=CCC1)NCCOc1ccc(I)cc1. The predicted octanol–water partition coefficient (Wildman–Crippen LogP) is 3.14. The molecule has 0 saturated heterocycles. The van der Waals surface area contributed by atoms with E-state index in [0.29, 0.717) is 25.5 Å². The Bertz CT molecular complexity index is 442. The molecule has 19 heavy (non-hydrogen) atoms. The largest absolute Gasteiger partial charge is 0.492 e. The number of benzene rings is 1. The fraction of sp³-hybridized carbons (Fsp3) is 0.400. The fourth-order valence-electron chi connectivity index (χ4n) is 2.07. The summed E-state index contributed by atoms with van der Waals surface area (Å²) >= 11 is 2.26. The summed E-state index contributed by atoms with van der Waals surface area (Å²) in [7, 11) is 0. The Balaban J connectivity index is 1.59. The molecule has 1 amide bonds. The summed E-state index contributed by atoms with van der Waals surface area (Å²) in [5.41, 5.74) is 0. The van der Waals surface area contributed by atoms with E-state index < -0.39 is 0 Å². The van der Waals surface area contributed by atoms with Gasteiger partial charge in [-0.3, -0.25) is 4.79 Å². The lowest BCUT2D eigenvalue weighted by Gasteiger charge is -2.10. The highest BCUT2D eigenvalue weighted by Crippen LogP contribution is 2.19. The third-order valence-corrected chi connectivity index (χ3v) is 3.79. The van der Waals surface area contributed by atoms with E-state index in [1.54, 1.807) is 0 Å². The zero-order chi connectivity index (χ0) is 13.5. The first-order chi connectivity index (χ1) is 9.24. The number of hydrogen-bond acceptors (Lipinski definition) is 2. The number of carbonyl (C=O) groups excluding carboxylic acids is 1. The first-order valence-electron chi connectivity index (χ1n) is 6.56.